The second kappa shape index (κ2) is 9.43. The molecule has 0 aromatic heterocycles. The Balaban J connectivity index is 1.89. The third-order valence-electron chi connectivity index (χ3n) is 5.73. The molecule has 1 atom stereocenters. The molecular weight excluding hydrogens is 430 g/mol. The van der Waals surface area contributed by atoms with Gasteiger partial charge in [-0.1, -0.05) is 30.3 Å². The van der Waals surface area contributed by atoms with Crippen LogP contribution in [0.2, 0.25) is 0 Å². The van der Waals surface area contributed by atoms with Gasteiger partial charge in [0.25, 0.3) is 11.7 Å². The first-order valence-electron chi connectivity index (χ1n) is 11.1. The molecule has 1 aliphatic heterocycles. The Kier molecular flexibility index (Phi) is 6.41. The molecule has 1 aliphatic rings. The minimum absolute atomic E-state index is 0.00643. The summed E-state index contributed by atoms with van der Waals surface area (Å²) in [6.07, 6.45) is 0.00643. The van der Waals surface area contributed by atoms with Gasteiger partial charge in [0.1, 0.15) is 17.3 Å². The summed E-state index contributed by atoms with van der Waals surface area (Å²) in [6.45, 7) is 5.73. The number of rotatable bonds is 6. The van der Waals surface area contributed by atoms with Gasteiger partial charge in [0.2, 0.25) is 0 Å². The number of Topliss-reactive ketones (excluding diaryl/α,β-unsaturated/α-hetero) is 1. The van der Waals surface area contributed by atoms with Crippen molar-refractivity contribution in [2.45, 2.75) is 32.9 Å². The van der Waals surface area contributed by atoms with Crippen LogP contribution in [0.5, 0.6) is 11.5 Å². The number of para-hydroxylation sites is 1. The van der Waals surface area contributed by atoms with Crippen LogP contribution in [0, 0.1) is 6.92 Å². The van der Waals surface area contributed by atoms with Crippen LogP contribution in [-0.2, 0) is 9.59 Å². The fraction of sp³-hybridized carbons (Fsp3) is 0.214. The van der Waals surface area contributed by atoms with Crippen LogP contribution in [-0.4, -0.2) is 30.0 Å². The standard InChI is InChI=1S/C28H27NO5/c1-17(2)34-21-14-12-19(13-15-21)26(30)24-25(20-9-7-10-22(16-20)33-4)29(28(32)27(24)31)23-11-6-5-8-18(23)3/h5-17,25,30H,1-4H3/b26-24-. The predicted octanol–water partition coefficient (Wildman–Crippen LogP) is 5.42. The summed E-state index contributed by atoms with van der Waals surface area (Å²) in [5.74, 6) is -0.433. The molecule has 1 amide bonds. The van der Waals surface area contributed by atoms with Crippen LogP contribution in [0.15, 0.2) is 78.4 Å². The van der Waals surface area contributed by atoms with Gasteiger partial charge in [-0.2, -0.15) is 0 Å². The summed E-state index contributed by atoms with van der Waals surface area (Å²) in [6, 6.07) is 20.5. The van der Waals surface area contributed by atoms with E-state index in [0.717, 1.165) is 5.56 Å². The second-order valence-electron chi connectivity index (χ2n) is 8.42. The maximum Gasteiger partial charge on any atom is 0.300 e. The molecular formula is C28H27NO5. The van der Waals surface area contributed by atoms with Crippen molar-refractivity contribution < 1.29 is 24.2 Å². The van der Waals surface area contributed by atoms with E-state index in [2.05, 4.69) is 0 Å². The van der Waals surface area contributed by atoms with Crippen molar-refractivity contribution in [3.63, 3.8) is 0 Å². The number of aliphatic hydroxyl groups excluding tert-OH is 1. The maximum atomic E-state index is 13.3. The number of methoxy groups -OCH3 is 1. The van der Waals surface area contributed by atoms with Gasteiger partial charge in [-0.25, -0.2) is 0 Å². The lowest BCUT2D eigenvalue weighted by molar-refractivity contribution is -0.132. The van der Waals surface area contributed by atoms with Crippen molar-refractivity contribution in [3.8, 4) is 11.5 Å². The van der Waals surface area contributed by atoms with E-state index in [1.165, 1.54) is 4.90 Å². The normalized spacial score (nSPS) is 17.3. The largest absolute Gasteiger partial charge is 0.507 e. The van der Waals surface area contributed by atoms with Crippen LogP contribution in [0.3, 0.4) is 0 Å². The molecule has 34 heavy (non-hydrogen) atoms. The van der Waals surface area contributed by atoms with Crippen molar-refractivity contribution in [3.05, 3.63) is 95.1 Å². The lowest BCUT2D eigenvalue weighted by atomic mass is 9.94. The fourth-order valence-electron chi connectivity index (χ4n) is 4.16. The van der Waals surface area contributed by atoms with E-state index >= 15 is 0 Å². The summed E-state index contributed by atoms with van der Waals surface area (Å²) in [7, 11) is 1.55. The van der Waals surface area contributed by atoms with E-state index < -0.39 is 17.7 Å². The van der Waals surface area contributed by atoms with Crippen LogP contribution < -0.4 is 14.4 Å². The highest BCUT2D eigenvalue weighted by molar-refractivity contribution is 6.51. The smallest absolute Gasteiger partial charge is 0.300 e. The number of hydrogen-bond donors (Lipinski definition) is 1. The molecule has 0 saturated carbocycles. The van der Waals surface area contributed by atoms with E-state index in [1.807, 2.05) is 45.0 Å². The van der Waals surface area contributed by atoms with E-state index in [1.54, 1.807) is 55.6 Å². The lowest BCUT2D eigenvalue weighted by Gasteiger charge is -2.27. The molecule has 174 valence electrons. The molecule has 6 heteroatoms. The van der Waals surface area contributed by atoms with E-state index in [9.17, 15) is 14.7 Å². The van der Waals surface area contributed by atoms with Gasteiger partial charge in [0, 0.05) is 11.3 Å². The molecule has 1 heterocycles. The van der Waals surface area contributed by atoms with Crippen molar-refractivity contribution in [1.82, 2.24) is 0 Å². The third-order valence-corrected chi connectivity index (χ3v) is 5.73. The molecule has 3 aromatic carbocycles. The van der Waals surface area contributed by atoms with Gasteiger partial charge in [0.15, 0.2) is 0 Å². The quantitative estimate of drug-likeness (QED) is 0.304. The van der Waals surface area contributed by atoms with Gasteiger partial charge in [-0.15, -0.1) is 0 Å². The molecule has 3 aromatic rings. The Hall–Kier alpha value is -4.06. The SMILES string of the molecule is COc1cccc(C2/C(=C(/O)c3ccc(OC(C)C)cc3)C(=O)C(=O)N2c2ccccc2C)c1. The number of hydrogen-bond acceptors (Lipinski definition) is 5. The number of carbonyl (C=O) groups excluding carboxylic acids is 2. The van der Waals surface area contributed by atoms with Crippen molar-refractivity contribution >= 4 is 23.1 Å². The Morgan fingerprint density at radius 3 is 2.29 bits per heavy atom. The van der Waals surface area contributed by atoms with Gasteiger partial charge >= 0.3 is 0 Å². The summed E-state index contributed by atoms with van der Waals surface area (Å²) in [5, 5.41) is 11.3. The van der Waals surface area contributed by atoms with E-state index in [4.69, 9.17) is 9.47 Å². The van der Waals surface area contributed by atoms with Crippen LogP contribution >= 0.6 is 0 Å². The molecule has 0 radical (unpaired) electrons. The minimum Gasteiger partial charge on any atom is -0.507 e. The summed E-state index contributed by atoms with van der Waals surface area (Å²) in [5.41, 5.74) is 2.55. The van der Waals surface area contributed by atoms with Gasteiger partial charge in [-0.05, 0) is 74.4 Å². The van der Waals surface area contributed by atoms with Crippen molar-refractivity contribution in [2.75, 3.05) is 12.0 Å². The third kappa shape index (κ3) is 4.27. The fourth-order valence-corrected chi connectivity index (χ4v) is 4.16. The van der Waals surface area contributed by atoms with E-state index in [-0.39, 0.29) is 17.4 Å². The highest BCUT2D eigenvalue weighted by atomic mass is 16.5. The molecule has 6 nitrogen and oxygen atoms in total. The zero-order valence-electron chi connectivity index (χ0n) is 19.6. The number of anilines is 1. The van der Waals surface area contributed by atoms with Gasteiger partial charge in [0.05, 0.1) is 24.8 Å². The molecule has 1 fully saturated rings. The summed E-state index contributed by atoms with van der Waals surface area (Å²) in [4.78, 5) is 28.1. The molecule has 0 spiro atoms. The molecule has 1 saturated heterocycles. The number of amides is 1. The Labute approximate surface area is 199 Å². The number of benzene rings is 3. The number of ether oxygens (including phenoxy) is 2. The highest BCUT2D eigenvalue weighted by Gasteiger charge is 2.47. The molecule has 0 bridgehead atoms. The molecule has 1 unspecified atom stereocenters. The minimum atomic E-state index is -0.817. The highest BCUT2D eigenvalue weighted by Crippen LogP contribution is 2.43. The topological polar surface area (TPSA) is 76.1 Å². The molecule has 4 rings (SSSR count). The number of aliphatic hydroxyl groups is 1. The van der Waals surface area contributed by atoms with E-state index in [0.29, 0.717) is 28.3 Å². The number of carbonyl (C=O) groups is 2. The first-order chi connectivity index (χ1) is 16.3. The summed E-state index contributed by atoms with van der Waals surface area (Å²) < 4.78 is 11.1. The second-order valence-corrected chi connectivity index (χ2v) is 8.42. The predicted molar refractivity (Wildman–Crippen MR) is 131 cm³/mol. The van der Waals surface area contributed by atoms with Gasteiger partial charge in [-0.3, -0.25) is 14.5 Å². The average Bonchev–Trinajstić information content (AvgIpc) is 3.09. The summed E-state index contributed by atoms with van der Waals surface area (Å²) >= 11 is 0. The van der Waals surface area contributed by atoms with Crippen LogP contribution in [0.1, 0.15) is 36.6 Å². The monoisotopic (exact) mass is 457 g/mol. The first kappa shape index (κ1) is 23.1. The Morgan fingerprint density at radius 1 is 0.941 bits per heavy atom. The molecule has 1 N–H and O–H groups in total. The van der Waals surface area contributed by atoms with Crippen molar-refractivity contribution in [1.29, 1.82) is 0 Å². The Bertz CT molecular complexity index is 1260. The van der Waals surface area contributed by atoms with Crippen LogP contribution in [0.4, 0.5) is 5.69 Å². The Morgan fingerprint density at radius 2 is 1.65 bits per heavy atom. The lowest BCUT2D eigenvalue weighted by Crippen LogP contribution is -2.30. The zero-order valence-corrected chi connectivity index (χ0v) is 19.6. The number of nitrogens with zero attached hydrogens (tertiary/aromatic N) is 1. The van der Waals surface area contributed by atoms with Gasteiger partial charge < -0.3 is 14.6 Å². The first-order valence-corrected chi connectivity index (χ1v) is 11.1. The van der Waals surface area contributed by atoms with Crippen molar-refractivity contribution in [2.24, 2.45) is 0 Å². The number of ketones is 1. The van der Waals surface area contributed by atoms with Crippen LogP contribution in [0.25, 0.3) is 5.76 Å². The zero-order chi connectivity index (χ0) is 24.4. The maximum absolute atomic E-state index is 13.3. The molecule has 0 aliphatic carbocycles. The average molecular weight is 458 g/mol. The number of aryl methyl sites for hydroxylation is 1.